The quantitative estimate of drug-likeness (QED) is 0.780. The molecule has 1 heterocycles. The smallest absolute Gasteiger partial charge is 0.125 e. The number of nitrogens with zero attached hydrogens (tertiary/aromatic N) is 1. The van der Waals surface area contributed by atoms with E-state index in [0.717, 1.165) is 18.7 Å². The van der Waals surface area contributed by atoms with Gasteiger partial charge in [0.05, 0.1) is 0 Å². The second kappa shape index (κ2) is 4.06. The monoisotopic (exact) mass is 222 g/mol. The summed E-state index contributed by atoms with van der Waals surface area (Å²) in [5, 5.41) is 0. The number of likely N-dealkylation sites (tertiary alicyclic amines) is 1. The second-order valence-electron chi connectivity index (χ2n) is 5.18. The molecule has 88 valence electrons. The van der Waals surface area contributed by atoms with Crippen LogP contribution in [0.1, 0.15) is 32.3 Å². The van der Waals surface area contributed by atoms with Gasteiger partial charge in [0.1, 0.15) is 5.82 Å². The number of halogens is 1. The van der Waals surface area contributed by atoms with E-state index in [9.17, 15) is 4.39 Å². The number of anilines is 1. The Kier molecular flexibility index (Phi) is 2.89. The Labute approximate surface area is 96.2 Å². The van der Waals surface area contributed by atoms with Gasteiger partial charge in [-0.25, -0.2) is 4.39 Å². The van der Waals surface area contributed by atoms with Gasteiger partial charge in [-0.15, -0.1) is 0 Å². The highest BCUT2D eigenvalue weighted by Gasteiger charge is 2.31. The Hall–Kier alpha value is -1.09. The van der Waals surface area contributed by atoms with Crippen molar-refractivity contribution in [2.75, 3.05) is 12.3 Å². The number of rotatable bonds is 2. The first-order valence-electron chi connectivity index (χ1n) is 5.78. The number of nitrogen functional groups attached to an aromatic ring is 1. The van der Waals surface area contributed by atoms with Crippen LogP contribution in [0, 0.1) is 5.82 Å². The van der Waals surface area contributed by atoms with Crippen LogP contribution >= 0.6 is 0 Å². The molecule has 2 rings (SSSR count). The molecule has 1 fully saturated rings. The predicted octanol–water partition coefficient (Wildman–Crippen LogP) is 2.78. The van der Waals surface area contributed by atoms with Gasteiger partial charge in [0.15, 0.2) is 0 Å². The van der Waals surface area contributed by atoms with Crippen molar-refractivity contribution < 1.29 is 4.39 Å². The van der Waals surface area contributed by atoms with Crippen LogP contribution < -0.4 is 5.73 Å². The summed E-state index contributed by atoms with van der Waals surface area (Å²) in [7, 11) is 0. The highest BCUT2D eigenvalue weighted by atomic mass is 19.1. The fourth-order valence-corrected chi connectivity index (χ4v) is 2.37. The molecular weight excluding hydrogens is 203 g/mol. The zero-order chi connectivity index (χ0) is 11.8. The molecule has 0 spiro atoms. The van der Waals surface area contributed by atoms with E-state index in [1.165, 1.54) is 25.0 Å². The molecule has 1 aromatic carbocycles. The number of hydrogen-bond acceptors (Lipinski definition) is 2. The minimum Gasteiger partial charge on any atom is -0.398 e. The lowest BCUT2D eigenvalue weighted by Crippen LogP contribution is -2.37. The summed E-state index contributed by atoms with van der Waals surface area (Å²) in [5.74, 6) is -0.262. The first kappa shape index (κ1) is 11.4. The first-order valence-corrected chi connectivity index (χ1v) is 5.78. The van der Waals surface area contributed by atoms with Crippen LogP contribution in [0.25, 0.3) is 0 Å². The zero-order valence-electron chi connectivity index (χ0n) is 9.96. The lowest BCUT2D eigenvalue weighted by atomic mass is 10.0. The van der Waals surface area contributed by atoms with Crippen molar-refractivity contribution in [3.63, 3.8) is 0 Å². The molecule has 1 aliphatic rings. The highest BCUT2D eigenvalue weighted by Crippen LogP contribution is 2.30. The Morgan fingerprint density at radius 2 is 2.19 bits per heavy atom. The maximum Gasteiger partial charge on any atom is 0.125 e. The molecule has 0 saturated carbocycles. The van der Waals surface area contributed by atoms with Crippen LogP contribution in [-0.4, -0.2) is 17.0 Å². The standard InChI is InChI=1S/C13H19FN2/c1-13(2)6-3-7-16(13)9-10-4-5-11(14)8-12(10)15/h4-5,8H,3,6-7,9,15H2,1-2H3. The number of nitrogens with two attached hydrogens (primary N) is 1. The van der Waals surface area contributed by atoms with E-state index in [1.807, 2.05) is 0 Å². The van der Waals surface area contributed by atoms with Crippen LogP contribution in [0.2, 0.25) is 0 Å². The summed E-state index contributed by atoms with van der Waals surface area (Å²) >= 11 is 0. The van der Waals surface area contributed by atoms with Crippen molar-refractivity contribution in [3.8, 4) is 0 Å². The van der Waals surface area contributed by atoms with Crippen LogP contribution in [0.15, 0.2) is 18.2 Å². The van der Waals surface area contributed by atoms with Gasteiger partial charge in [-0.05, 0) is 50.9 Å². The third-order valence-corrected chi connectivity index (χ3v) is 3.54. The van der Waals surface area contributed by atoms with E-state index in [1.54, 1.807) is 6.07 Å². The van der Waals surface area contributed by atoms with Gasteiger partial charge >= 0.3 is 0 Å². The molecule has 0 aromatic heterocycles. The topological polar surface area (TPSA) is 29.3 Å². The molecule has 16 heavy (non-hydrogen) atoms. The largest absolute Gasteiger partial charge is 0.398 e. The third kappa shape index (κ3) is 2.19. The van der Waals surface area contributed by atoms with Gasteiger partial charge in [0.25, 0.3) is 0 Å². The molecular formula is C13H19FN2. The maximum absolute atomic E-state index is 12.9. The summed E-state index contributed by atoms with van der Waals surface area (Å²) in [6.07, 6.45) is 2.45. The van der Waals surface area contributed by atoms with E-state index in [2.05, 4.69) is 18.7 Å². The molecule has 1 aromatic rings. The van der Waals surface area contributed by atoms with Gasteiger partial charge in [0, 0.05) is 17.8 Å². The van der Waals surface area contributed by atoms with E-state index >= 15 is 0 Å². The molecule has 1 aliphatic heterocycles. The number of hydrogen-bond donors (Lipinski definition) is 1. The summed E-state index contributed by atoms with van der Waals surface area (Å²) < 4.78 is 12.9. The van der Waals surface area contributed by atoms with Crippen molar-refractivity contribution in [2.24, 2.45) is 0 Å². The molecule has 0 bridgehead atoms. The van der Waals surface area contributed by atoms with Gasteiger partial charge in [-0.1, -0.05) is 6.07 Å². The molecule has 2 N–H and O–H groups in total. The Bertz CT molecular complexity index is 388. The molecule has 1 saturated heterocycles. The lowest BCUT2D eigenvalue weighted by molar-refractivity contribution is 0.167. The van der Waals surface area contributed by atoms with Gasteiger partial charge < -0.3 is 5.73 Å². The first-order chi connectivity index (χ1) is 7.49. The lowest BCUT2D eigenvalue weighted by Gasteiger charge is -2.31. The van der Waals surface area contributed by atoms with Gasteiger partial charge in [-0.3, -0.25) is 4.90 Å². The average molecular weight is 222 g/mol. The highest BCUT2D eigenvalue weighted by molar-refractivity contribution is 5.46. The summed E-state index contributed by atoms with van der Waals surface area (Å²) in [6, 6.07) is 4.67. The fourth-order valence-electron chi connectivity index (χ4n) is 2.37. The molecule has 0 atom stereocenters. The predicted molar refractivity (Wildman–Crippen MR) is 64.5 cm³/mol. The molecule has 0 unspecified atom stereocenters. The summed E-state index contributed by atoms with van der Waals surface area (Å²) in [5.41, 5.74) is 7.64. The molecule has 2 nitrogen and oxygen atoms in total. The molecule has 0 amide bonds. The van der Waals surface area contributed by atoms with Crippen molar-refractivity contribution in [3.05, 3.63) is 29.6 Å². The normalized spacial score (nSPS) is 20.2. The SMILES string of the molecule is CC1(C)CCCN1Cc1ccc(F)cc1N. The zero-order valence-corrected chi connectivity index (χ0v) is 9.96. The molecule has 0 aliphatic carbocycles. The van der Waals surface area contributed by atoms with Crippen LogP contribution in [-0.2, 0) is 6.54 Å². The summed E-state index contributed by atoms with van der Waals surface area (Å²) in [4.78, 5) is 2.41. The van der Waals surface area contributed by atoms with E-state index < -0.39 is 0 Å². The van der Waals surface area contributed by atoms with E-state index in [-0.39, 0.29) is 11.4 Å². The Morgan fingerprint density at radius 3 is 2.75 bits per heavy atom. The average Bonchev–Trinajstić information content (AvgIpc) is 2.50. The van der Waals surface area contributed by atoms with E-state index in [0.29, 0.717) is 5.69 Å². The molecule has 0 radical (unpaired) electrons. The van der Waals surface area contributed by atoms with Crippen molar-refractivity contribution in [1.82, 2.24) is 4.90 Å². The van der Waals surface area contributed by atoms with Crippen LogP contribution in [0.3, 0.4) is 0 Å². The third-order valence-electron chi connectivity index (χ3n) is 3.54. The second-order valence-corrected chi connectivity index (χ2v) is 5.18. The van der Waals surface area contributed by atoms with Crippen molar-refractivity contribution in [1.29, 1.82) is 0 Å². The minimum atomic E-state index is -0.262. The van der Waals surface area contributed by atoms with E-state index in [4.69, 9.17) is 5.73 Å². The fraction of sp³-hybridized carbons (Fsp3) is 0.538. The minimum absolute atomic E-state index is 0.237. The van der Waals surface area contributed by atoms with Gasteiger partial charge in [-0.2, -0.15) is 0 Å². The Balaban J connectivity index is 2.15. The maximum atomic E-state index is 12.9. The molecule has 3 heteroatoms. The van der Waals surface area contributed by atoms with Gasteiger partial charge in [0.2, 0.25) is 0 Å². The Morgan fingerprint density at radius 1 is 1.44 bits per heavy atom. The summed E-state index contributed by atoms with van der Waals surface area (Å²) in [6.45, 7) is 6.42. The van der Waals surface area contributed by atoms with Crippen LogP contribution in [0.4, 0.5) is 10.1 Å². The van der Waals surface area contributed by atoms with Crippen molar-refractivity contribution in [2.45, 2.75) is 38.8 Å². The van der Waals surface area contributed by atoms with Crippen molar-refractivity contribution >= 4 is 5.69 Å². The van der Waals surface area contributed by atoms with Crippen LogP contribution in [0.5, 0.6) is 0 Å². The number of benzene rings is 1.